The highest BCUT2D eigenvalue weighted by Gasteiger charge is 2.20. The minimum Gasteiger partial charge on any atom is -0.434 e. The fourth-order valence-electron chi connectivity index (χ4n) is 2.16. The lowest BCUT2D eigenvalue weighted by Crippen LogP contribution is -2.18. The van der Waals surface area contributed by atoms with E-state index < -0.39 is 4.92 Å². The molecule has 2 heterocycles. The summed E-state index contributed by atoms with van der Waals surface area (Å²) < 4.78 is 5.49. The number of carbonyl (C=O) groups excluding carboxylic acids is 1. The van der Waals surface area contributed by atoms with Crippen LogP contribution in [0.25, 0.3) is 0 Å². The predicted molar refractivity (Wildman–Crippen MR) is 79.4 cm³/mol. The molecular weight excluding hydrogens is 310 g/mol. The molecule has 0 radical (unpaired) electrons. The second-order valence-electron chi connectivity index (χ2n) is 4.70. The Bertz CT molecular complexity index is 779. The number of hydrogen-bond donors (Lipinski definition) is 1. The molecule has 22 heavy (non-hydrogen) atoms. The number of benzene rings is 1. The molecule has 1 amide bonds. The molecule has 7 nitrogen and oxygen atoms in total. The first-order valence-corrected chi connectivity index (χ1v) is 6.81. The summed E-state index contributed by atoms with van der Waals surface area (Å²) in [4.78, 5) is 25.6. The van der Waals surface area contributed by atoms with Crippen LogP contribution < -0.4 is 10.1 Å². The minimum absolute atomic E-state index is 0.0313. The molecule has 0 saturated carbocycles. The van der Waals surface area contributed by atoms with E-state index in [2.05, 4.69) is 10.3 Å². The number of nitro groups is 1. The third-order valence-corrected chi connectivity index (χ3v) is 3.39. The van der Waals surface area contributed by atoms with E-state index in [1.54, 1.807) is 18.2 Å². The van der Waals surface area contributed by atoms with Crippen molar-refractivity contribution in [2.45, 2.75) is 12.8 Å². The average molecular weight is 320 g/mol. The van der Waals surface area contributed by atoms with Crippen molar-refractivity contribution >= 4 is 28.9 Å². The number of fused-ring (bicyclic) bond motifs is 1. The number of halogens is 1. The molecule has 0 atom stereocenters. The smallest absolute Gasteiger partial charge is 0.332 e. The summed E-state index contributed by atoms with van der Waals surface area (Å²) in [5, 5.41) is 13.9. The van der Waals surface area contributed by atoms with Gasteiger partial charge in [-0.05, 0) is 30.2 Å². The third-order valence-electron chi connectivity index (χ3n) is 3.18. The summed E-state index contributed by atoms with van der Waals surface area (Å²) in [6.07, 6.45) is 2.27. The first kappa shape index (κ1) is 14.3. The van der Waals surface area contributed by atoms with E-state index >= 15 is 0 Å². The molecule has 8 heteroatoms. The lowest BCUT2D eigenvalue weighted by molar-refractivity contribution is -0.386. The average Bonchev–Trinajstić information content (AvgIpc) is 2.49. The van der Waals surface area contributed by atoms with Crippen molar-refractivity contribution in [1.29, 1.82) is 0 Å². The Morgan fingerprint density at radius 3 is 2.91 bits per heavy atom. The van der Waals surface area contributed by atoms with E-state index in [4.69, 9.17) is 16.3 Å². The molecule has 0 saturated heterocycles. The van der Waals surface area contributed by atoms with E-state index in [1.807, 2.05) is 0 Å². The van der Waals surface area contributed by atoms with Crippen molar-refractivity contribution in [1.82, 2.24) is 4.98 Å². The van der Waals surface area contributed by atoms with Crippen LogP contribution in [-0.2, 0) is 11.2 Å². The SMILES string of the molecule is O=C1CCc2cc(Oc3ncc(Cl)cc3[N+](=O)[O-])ccc2N1. The quantitative estimate of drug-likeness (QED) is 0.691. The molecule has 0 bridgehead atoms. The molecule has 3 rings (SSSR count). The Kier molecular flexibility index (Phi) is 3.64. The van der Waals surface area contributed by atoms with Crippen LogP contribution >= 0.6 is 11.6 Å². The van der Waals surface area contributed by atoms with Crippen LogP contribution in [0.15, 0.2) is 30.5 Å². The molecule has 1 aliphatic rings. The molecule has 0 aliphatic carbocycles. The monoisotopic (exact) mass is 319 g/mol. The number of carbonyl (C=O) groups is 1. The van der Waals surface area contributed by atoms with E-state index in [1.165, 1.54) is 12.3 Å². The fourth-order valence-corrected chi connectivity index (χ4v) is 2.31. The van der Waals surface area contributed by atoms with Gasteiger partial charge in [0.2, 0.25) is 5.91 Å². The van der Waals surface area contributed by atoms with Crippen LogP contribution in [0.2, 0.25) is 5.02 Å². The predicted octanol–water partition coefficient (Wildman–Crippen LogP) is 3.32. The van der Waals surface area contributed by atoms with E-state index in [9.17, 15) is 14.9 Å². The minimum atomic E-state index is -0.604. The maximum Gasteiger partial charge on any atom is 0.332 e. The summed E-state index contributed by atoms with van der Waals surface area (Å²) >= 11 is 5.71. The van der Waals surface area contributed by atoms with Crippen LogP contribution in [0, 0.1) is 10.1 Å². The number of anilines is 1. The van der Waals surface area contributed by atoms with Crippen LogP contribution in [0.4, 0.5) is 11.4 Å². The number of nitrogens with one attached hydrogen (secondary N) is 1. The van der Waals surface area contributed by atoms with Crippen molar-refractivity contribution in [3.05, 3.63) is 51.2 Å². The first-order valence-electron chi connectivity index (χ1n) is 6.43. The molecule has 0 fully saturated rings. The zero-order chi connectivity index (χ0) is 15.7. The number of hydrogen-bond acceptors (Lipinski definition) is 5. The second-order valence-corrected chi connectivity index (χ2v) is 5.14. The summed E-state index contributed by atoms with van der Waals surface area (Å²) in [5.74, 6) is 0.248. The number of pyridine rings is 1. The van der Waals surface area contributed by atoms with Gasteiger partial charge < -0.3 is 10.1 Å². The summed E-state index contributed by atoms with van der Waals surface area (Å²) in [7, 11) is 0. The van der Waals surface area contributed by atoms with E-state index in [0.29, 0.717) is 18.6 Å². The number of amides is 1. The van der Waals surface area contributed by atoms with Crippen molar-refractivity contribution in [2.24, 2.45) is 0 Å². The highest BCUT2D eigenvalue weighted by atomic mass is 35.5. The van der Waals surface area contributed by atoms with Gasteiger partial charge >= 0.3 is 5.69 Å². The van der Waals surface area contributed by atoms with Crippen LogP contribution in [-0.4, -0.2) is 15.8 Å². The number of aromatic nitrogens is 1. The Labute approximate surface area is 130 Å². The van der Waals surface area contributed by atoms with Gasteiger partial charge in [-0.2, -0.15) is 0 Å². The molecule has 2 aromatic rings. The maximum absolute atomic E-state index is 11.3. The summed E-state index contributed by atoms with van der Waals surface area (Å²) in [6.45, 7) is 0. The highest BCUT2D eigenvalue weighted by Crippen LogP contribution is 2.33. The van der Waals surface area contributed by atoms with Gasteiger partial charge in [0.25, 0.3) is 5.88 Å². The Morgan fingerprint density at radius 1 is 1.32 bits per heavy atom. The molecule has 0 spiro atoms. The van der Waals surface area contributed by atoms with E-state index in [0.717, 1.165) is 11.3 Å². The van der Waals surface area contributed by atoms with Crippen molar-refractivity contribution in [3.8, 4) is 11.6 Å². The van der Waals surface area contributed by atoms with Gasteiger partial charge in [0, 0.05) is 18.2 Å². The number of rotatable bonds is 3. The van der Waals surface area contributed by atoms with Gasteiger partial charge in [-0.25, -0.2) is 4.98 Å². The highest BCUT2D eigenvalue weighted by molar-refractivity contribution is 6.30. The van der Waals surface area contributed by atoms with Crippen LogP contribution in [0.3, 0.4) is 0 Å². The van der Waals surface area contributed by atoms with Crippen molar-refractivity contribution in [3.63, 3.8) is 0 Å². The zero-order valence-corrected chi connectivity index (χ0v) is 12.0. The Morgan fingerprint density at radius 2 is 2.14 bits per heavy atom. The molecule has 1 N–H and O–H groups in total. The van der Waals surface area contributed by atoms with Gasteiger partial charge in [0.15, 0.2) is 0 Å². The molecule has 1 aromatic carbocycles. The fraction of sp³-hybridized carbons (Fsp3) is 0.143. The number of ether oxygens (including phenoxy) is 1. The Balaban J connectivity index is 1.91. The second kappa shape index (κ2) is 5.61. The Hall–Kier alpha value is -2.67. The van der Waals surface area contributed by atoms with Gasteiger partial charge in [-0.1, -0.05) is 11.6 Å². The standard InChI is InChI=1S/C14H10ClN3O4/c15-9-6-12(18(20)21)14(16-7-9)22-10-2-3-11-8(5-10)1-4-13(19)17-11/h2-3,5-7H,1,4H2,(H,17,19). The lowest BCUT2D eigenvalue weighted by atomic mass is 10.0. The van der Waals surface area contributed by atoms with Crippen LogP contribution in [0.1, 0.15) is 12.0 Å². The summed E-state index contributed by atoms with van der Waals surface area (Å²) in [5.41, 5.74) is 1.33. The molecule has 1 aliphatic heterocycles. The van der Waals surface area contributed by atoms with Crippen molar-refractivity contribution < 1.29 is 14.5 Å². The van der Waals surface area contributed by atoms with Gasteiger partial charge in [0.1, 0.15) is 5.75 Å². The van der Waals surface area contributed by atoms with Crippen molar-refractivity contribution in [2.75, 3.05) is 5.32 Å². The largest absolute Gasteiger partial charge is 0.434 e. The zero-order valence-electron chi connectivity index (χ0n) is 11.2. The van der Waals surface area contributed by atoms with Gasteiger partial charge in [0.05, 0.1) is 16.1 Å². The molecule has 0 unspecified atom stereocenters. The normalized spacial score (nSPS) is 13.2. The molecule has 112 valence electrons. The first-order chi connectivity index (χ1) is 10.5. The maximum atomic E-state index is 11.3. The number of aryl methyl sites for hydroxylation is 1. The summed E-state index contributed by atoms with van der Waals surface area (Å²) in [6, 6.07) is 6.23. The number of nitrogens with zero attached hydrogens (tertiary/aromatic N) is 2. The van der Waals surface area contributed by atoms with Crippen LogP contribution in [0.5, 0.6) is 11.6 Å². The van der Waals surface area contributed by atoms with Gasteiger partial charge in [-0.3, -0.25) is 14.9 Å². The topological polar surface area (TPSA) is 94.4 Å². The molecule has 1 aromatic heterocycles. The molecular formula is C14H10ClN3O4. The van der Waals surface area contributed by atoms with Gasteiger partial charge in [-0.15, -0.1) is 0 Å². The third kappa shape index (κ3) is 2.84. The van der Waals surface area contributed by atoms with E-state index in [-0.39, 0.29) is 22.5 Å². The lowest BCUT2D eigenvalue weighted by Gasteiger charge is -2.17.